The van der Waals surface area contributed by atoms with Gasteiger partial charge in [0.05, 0.1) is 12.2 Å². The minimum Gasteiger partial charge on any atom is -0.354 e. The molecule has 1 aromatic heterocycles. The third-order valence-electron chi connectivity index (χ3n) is 4.36. The van der Waals surface area contributed by atoms with Crippen LogP contribution in [0.2, 0.25) is 0 Å². The fourth-order valence-corrected chi connectivity index (χ4v) is 3.21. The molecule has 24 heavy (non-hydrogen) atoms. The van der Waals surface area contributed by atoms with Crippen molar-refractivity contribution in [3.8, 4) is 0 Å². The van der Waals surface area contributed by atoms with Gasteiger partial charge in [-0.1, -0.05) is 12.1 Å². The third kappa shape index (κ3) is 2.57. The van der Waals surface area contributed by atoms with Gasteiger partial charge in [0.2, 0.25) is 0 Å². The molecule has 0 amide bonds. The summed E-state index contributed by atoms with van der Waals surface area (Å²) in [5, 5.41) is 0. The highest BCUT2D eigenvalue weighted by Gasteiger charge is 2.33. The number of aromatic nitrogens is 1. The molecule has 1 aromatic carbocycles. The number of ether oxygens (including phenoxy) is 1. The van der Waals surface area contributed by atoms with Crippen LogP contribution in [0.25, 0.3) is 11.8 Å². The summed E-state index contributed by atoms with van der Waals surface area (Å²) in [6, 6.07) is 7.20. The van der Waals surface area contributed by atoms with Crippen molar-refractivity contribution in [3.05, 3.63) is 65.0 Å². The summed E-state index contributed by atoms with van der Waals surface area (Å²) in [5.74, 6) is 0. The minimum absolute atomic E-state index is 0.209. The molecule has 0 aliphatic carbocycles. The molecule has 0 spiro atoms. The lowest BCUT2D eigenvalue weighted by molar-refractivity contribution is -0.137. The van der Waals surface area contributed by atoms with Crippen molar-refractivity contribution in [1.82, 2.24) is 9.88 Å². The molecule has 3 nitrogen and oxygen atoms in total. The van der Waals surface area contributed by atoms with Crippen molar-refractivity contribution >= 4 is 11.8 Å². The summed E-state index contributed by atoms with van der Waals surface area (Å²) in [6.45, 7) is 1.47. The van der Waals surface area contributed by atoms with E-state index in [9.17, 15) is 13.2 Å². The Morgan fingerprint density at radius 3 is 2.67 bits per heavy atom. The standard InChI is InChI=1S/C18H15F3N2O/c19-18(20,21)14-4-2-12(3-5-14)16-10-13-11-22-7-6-15(13)17-23(16)8-1-9-24-17/h2-7,10-11,17H,1,8-9H2. The first kappa shape index (κ1) is 15.2. The zero-order valence-corrected chi connectivity index (χ0v) is 12.8. The number of halogens is 3. The van der Waals surface area contributed by atoms with Gasteiger partial charge in [-0.05, 0) is 36.3 Å². The second-order valence-electron chi connectivity index (χ2n) is 5.88. The fraction of sp³-hybridized carbons (Fsp3) is 0.278. The Morgan fingerprint density at radius 1 is 1.12 bits per heavy atom. The van der Waals surface area contributed by atoms with E-state index in [2.05, 4.69) is 9.88 Å². The van der Waals surface area contributed by atoms with E-state index in [1.807, 2.05) is 12.1 Å². The van der Waals surface area contributed by atoms with E-state index in [1.54, 1.807) is 12.4 Å². The largest absolute Gasteiger partial charge is 0.416 e. The smallest absolute Gasteiger partial charge is 0.354 e. The summed E-state index contributed by atoms with van der Waals surface area (Å²) < 4.78 is 44.2. The highest BCUT2D eigenvalue weighted by atomic mass is 19.4. The quantitative estimate of drug-likeness (QED) is 0.777. The molecular weight excluding hydrogens is 317 g/mol. The van der Waals surface area contributed by atoms with Gasteiger partial charge < -0.3 is 9.64 Å². The first-order valence-corrected chi connectivity index (χ1v) is 7.75. The molecule has 0 saturated carbocycles. The summed E-state index contributed by atoms with van der Waals surface area (Å²) in [6.07, 6.45) is 1.80. The topological polar surface area (TPSA) is 25.4 Å². The molecule has 0 N–H and O–H groups in total. The van der Waals surface area contributed by atoms with Gasteiger partial charge in [0, 0.05) is 35.8 Å². The van der Waals surface area contributed by atoms with E-state index < -0.39 is 11.7 Å². The van der Waals surface area contributed by atoms with E-state index in [-0.39, 0.29) is 6.23 Å². The van der Waals surface area contributed by atoms with E-state index in [4.69, 9.17) is 4.74 Å². The molecule has 0 radical (unpaired) electrons. The molecule has 1 atom stereocenters. The van der Waals surface area contributed by atoms with Crippen molar-refractivity contribution in [3.63, 3.8) is 0 Å². The molecule has 1 fully saturated rings. The predicted molar refractivity (Wildman–Crippen MR) is 83.6 cm³/mol. The van der Waals surface area contributed by atoms with Gasteiger partial charge in [-0.15, -0.1) is 0 Å². The lowest BCUT2D eigenvalue weighted by atomic mass is 9.96. The molecular formula is C18H15F3N2O. The Hall–Kier alpha value is -2.34. The SMILES string of the molecule is FC(F)(F)c1ccc(C2=Cc3cnccc3C3OCCCN23)cc1. The Balaban J connectivity index is 1.77. The maximum Gasteiger partial charge on any atom is 0.416 e. The number of hydrogen-bond donors (Lipinski definition) is 0. The monoisotopic (exact) mass is 332 g/mol. The number of fused-ring (bicyclic) bond motifs is 3. The van der Waals surface area contributed by atoms with Crippen LogP contribution < -0.4 is 0 Å². The van der Waals surface area contributed by atoms with Crippen LogP contribution in [-0.2, 0) is 10.9 Å². The molecule has 1 saturated heterocycles. The van der Waals surface area contributed by atoms with Gasteiger partial charge >= 0.3 is 6.18 Å². The molecule has 3 heterocycles. The Labute approximate surface area is 137 Å². The Bertz CT molecular complexity index is 784. The van der Waals surface area contributed by atoms with Crippen molar-refractivity contribution in [2.45, 2.75) is 18.8 Å². The average Bonchev–Trinajstić information content (AvgIpc) is 2.60. The van der Waals surface area contributed by atoms with Crippen LogP contribution in [0, 0.1) is 0 Å². The van der Waals surface area contributed by atoms with E-state index >= 15 is 0 Å². The second-order valence-corrected chi connectivity index (χ2v) is 5.88. The van der Waals surface area contributed by atoms with Crippen molar-refractivity contribution in [2.75, 3.05) is 13.2 Å². The van der Waals surface area contributed by atoms with Crippen molar-refractivity contribution in [2.24, 2.45) is 0 Å². The molecule has 6 heteroatoms. The lowest BCUT2D eigenvalue weighted by Gasteiger charge is -2.42. The van der Waals surface area contributed by atoms with Crippen LogP contribution in [0.5, 0.6) is 0 Å². The number of nitrogens with zero attached hydrogens (tertiary/aromatic N) is 2. The summed E-state index contributed by atoms with van der Waals surface area (Å²) >= 11 is 0. The summed E-state index contributed by atoms with van der Waals surface area (Å²) in [7, 11) is 0. The molecule has 2 aliphatic rings. The van der Waals surface area contributed by atoms with Gasteiger partial charge in [0.25, 0.3) is 0 Å². The fourth-order valence-electron chi connectivity index (χ4n) is 3.21. The van der Waals surface area contributed by atoms with E-state index in [1.165, 1.54) is 12.1 Å². The lowest BCUT2D eigenvalue weighted by Crippen LogP contribution is -2.37. The summed E-state index contributed by atoms with van der Waals surface area (Å²) in [5.41, 5.74) is 2.95. The van der Waals surface area contributed by atoms with E-state index in [0.717, 1.165) is 47.5 Å². The van der Waals surface area contributed by atoms with Gasteiger partial charge in [0.1, 0.15) is 0 Å². The van der Waals surface area contributed by atoms with Gasteiger partial charge in [-0.3, -0.25) is 4.98 Å². The molecule has 2 aliphatic heterocycles. The molecule has 0 bridgehead atoms. The number of hydrogen-bond acceptors (Lipinski definition) is 3. The molecule has 124 valence electrons. The second kappa shape index (κ2) is 5.63. The number of rotatable bonds is 1. The number of benzene rings is 1. The first-order chi connectivity index (χ1) is 11.5. The normalized spacial score (nSPS) is 20.2. The molecule has 1 unspecified atom stereocenters. The summed E-state index contributed by atoms with van der Waals surface area (Å²) in [4.78, 5) is 6.25. The zero-order valence-electron chi connectivity index (χ0n) is 12.8. The average molecular weight is 332 g/mol. The number of pyridine rings is 1. The number of alkyl halides is 3. The Morgan fingerprint density at radius 2 is 1.92 bits per heavy atom. The maximum absolute atomic E-state index is 12.8. The van der Waals surface area contributed by atoms with Crippen LogP contribution in [0.15, 0.2) is 42.7 Å². The van der Waals surface area contributed by atoms with Gasteiger partial charge in [-0.25, -0.2) is 0 Å². The predicted octanol–water partition coefficient (Wildman–Crippen LogP) is 4.33. The molecule has 2 aromatic rings. The van der Waals surface area contributed by atoms with Crippen LogP contribution >= 0.6 is 0 Å². The van der Waals surface area contributed by atoms with Crippen LogP contribution in [0.4, 0.5) is 13.2 Å². The third-order valence-corrected chi connectivity index (χ3v) is 4.36. The van der Waals surface area contributed by atoms with Crippen LogP contribution in [-0.4, -0.2) is 23.0 Å². The van der Waals surface area contributed by atoms with Gasteiger partial charge in [0.15, 0.2) is 6.23 Å². The maximum atomic E-state index is 12.8. The first-order valence-electron chi connectivity index (χ1n) is 7.75. The Kier molecular flexibility index (Phi) is 3.57. The molecule has 4 rings (SSSR count). The van der Waals surface area contributed by atoms with Gasteiger partial charge in [-0.2, -0.15) is 13.2 Å². The van der Waals surface area contributed by atoms with Crippen LogP contribution in [0.1, 0.15) is 34.9 Å². The zero-order chi connectivity index (χ0) is 16.7. The highest BCUT2D eigenvalue weighted by molar-refractivity contribution is 5.83. The van der Waals surface area contributed by atoms with E-state index in [0.29, 0.717) is 6.61 Å². The van der Waals surface area contributed by atoms with Crippen molar-refractivity contribution < 1.29 is 17.9 Å². The van der Waals surface area contributed by atoms with Crippen molar-refractivity contribution in [1.29, 1.82) is 0 Å². The minimum atomic E-state index is -4.33. The highest BCUT2D eigenvalue weighted by Crippen LogP contribution is 2.41. The van der Waals surface area contributed by atoms with Crippen LogP contribution in [0.3, 0.4) is 0 Å².